The van der Waals surface area contributed by atoms with E-state index in [0.29, 0.717) is 5.56 Å². The molecule has 0 saturated carbocycles. The Morgan fingerprint density at radius 2 is 1.75 bits per heavy atom. The molecule has 1 aromatic carbocycles. The van der Waals surface area contributed by atoms with Crippen molar-refractivity contribution in [2.45, 2.75) is 25.4 Å². The summed E-state index contributed by atoms with van der Waals surface area (Å²) in [4.78, 5) is 0. The fourth-order valence-corrected chi connectivity index (χ4v) is 1.28. The number of benzene rings is 1. The van der Waals surface area contributed by atoms with Crippen molar-refractivity contribution in [1.29, 1.82) is 0 Å². The molecule has 5 heteroatoms. The van der Waals surface area contributed by atoms with Gasteiger partial charge < -0.3 is 10.2 Å². The number of phenols is 1. The molecule has 0 bridgehead atoms. The molecule has 0 radical (unpaired) electrons. The Labute approximate surface area is 91.3 Å². The highest BCUT2D eigenvalue weighted by Gasteiger charge is 2.35. The first kappa shape index (κ1) is 12.8. The number of alkyl halides is 3. The number of aromatic hydroxyl groups is 1. The zero-order chi connectivity index (χ0) is 12.6. The average molecular weight is 234 g/mol. The molecular weight excluding hydrogens is 221 g/mol. The minimum atomic E-state index is -4.59. The van der Waals surface area contributed by atoms with Crippen LogP contribution in [0.3, 0.4) is 0 Å². The Hall–Kier alpha value is -1.23. The van der Waals surface area contributed by atoms with Gasteiger partial charge >= 0.3 is 6.18 Å². The number of halogens is 3. The minimum absolute atomic E-state index is 0.269. The van der Waals surface area contributed by atoms with E-state index >= 15 is 0 Å². The number of rotatable bonds is 2. The summed E-state index contributed by atoms with van der Waals surface area (Å²) in [5, 5.41) is 18.2. The van der Waals surface area contributed by atoms with Crippen LogP contribution < -0.4 is 0 Å². The molecule has 0 atom stereocenters. The van der Waals surface area contributed by atoms with Gasteiger partial charge in [0.25, 0.3) is 0 Å². The highest BCUT2D eigenvalue weighted by Crippen LogP contribution is 2.38. The van der Waals surface area contributed by atoms with E-state index in [1.807, 2.05) is 0 Å². The van der Waals surface area contributed by atoms with Crippen LogP contribution in [0.25, 0.3) is 0 Å². The predicted octanol–water partition coefficient (Wildman–Crippen LogP) is 2.68. The maximum absolute atomic E-state index is 12.5. The first-order valence-electron chi connectivity index (χ1n) is 4.70. The zero-order valence-electron chi connectivity index (χ0n) is 8.97. The maximum Gasteiger partial charge on any atom is 0.419 e. The second-order valence-electron chi connectivity index (χ2n) is 4.27. The van der Waals surface area contributed by atoms with Crippen LogP contribution in [0.2, 0.25) is 0 Å². The second kappa shape index (κ2) is 3.97. The third kappa shape index (κ3) is 2.47. The van der Waals surface area contributed by atoms with Crippen molar-refractivity contribution in [3.8, 4) is 5.75 Å². The van der Waals surface area contributed by atoms with Crippen LogP contribution in [0.5, 0.6) is 5.75 Å². The highest BCUT2D eigenvalue weighted by molar-refractivity contribution is 5.40. The smallest absolute Gasteiger partial charge is 0.419 e. The molecule has 0 aliphatic heterocycles. The van der Waals surface area contributed by atoms with Crippen LogP contribution in [0.1, 0.15) is 25.0 Å². The van der Waals surface area contributed by atoms with Gasteiger partial charge in [0.1, 0.15) is 5.75 Å². The molecule has 90 valence electrons. The van der Waals surface area contributed by atoms with E-state index in [0.717, 1.165) is 12.1 Å². The van der Waals surface area contributed by atoms with Gasteiger partial charge in [0.2, 0.25) is 0 Å². The van der Waals surface area contributed by atoms with Crippen molar-refractivity contribution in [2.75, 3.05) is 6.61 Å². The minimum Gasteiger partial charge on any atom is -0.507 e. The molecule has 0 aliphatic rings. The van der Waals surface area contributed by atoms with Gasteiger partial charge in [-0.25, -0.2) is 0 Å². The zero-order valence-corrected chi connectivity index (χ0v) is 8.97. The molecule has 0 aliphatic carbocycles. The number of aliphatic hydroxyl groups is 1. The number of phenolic OH excluding ortho intramolecular Hbond substituents is 1. The fraction of sp³-hybridized carbons (Fsp3) is 0.455. The van der Waals surface area contributed by atoms with E-state index < -0.39 is 22.9 Å². The van der Waals surface area contributed by atoms with Gasteiger partial charge in [0, 0.05) is 5.41 Å². The van der Waals surface area contributed by atoms with Gasteiger partial charge in [0.15, 0.2) is 0 Å². The first-order chi connectivity index (χ1) is 7.18. The Bertz CT molecular complexity index is 383. The third-order valence-corrected chi connectivity index (χ3v) is 2.48. The summed E-state index contributed by atoms with van der Waals surface area (Å²) in [7, 11) is 0. The summed E-state index contributed by atoms with van der Waals surface area (Å²) in [6.07, 6.45) is -4.59. The van der Waals surface area contributed by atoms with Crippen molar-refractivity contribution in [3.63, 3.8) is 0 Å². The van der Waals surface area contributed by atoms with Gasteiger partial charge in [-0.05, 0) is 17.7 Å². The summed E-state index contributed by atoms with van der Waals surface area (Å²) in [6.45, 7) is 2.98. The van der Waals surface area contributed by atoms with Crippen molar-refractivity contribution >= 4 is 0 Å². The van der Waals surface area contributed by atoms with E-state index in [2.05, 4.69) is 0 Å². The van der Waals surface area contributed by atoms with Gasteiger partial charge in [-0.3, -0.25) is 0 Å². The van der Waals surface area contributed by atoms with Crippen LogP contribution in [-0.4, -0.2) is 16.8 Å². The Morgan fingerprint density at radius 3 is 2.19 bits per heavy atom. The summed E-state index contributed by atoms with van der Waals surface area (Å²) in [5.74, 6) is -0.801. The second-order valence-corrected chi connectivity index (χ2v) is 4.27. The van der Waals surface area contributed by atoms with Gasteiger partial charge in [-0.1, -0.05) is 19.9 Å². The standard InChI is InChI=1S/C11H13F3O2/c1-10(2,6-15)7-3-4-9(16)8(5-7)11(12,13)14/h3-5,15-16H,6H2,1-2H3. The monoisotopic (exact) mass is 234 g/mol. The number of hydrogen-bond donors (Lipinski definition) is 2. The molecule has 0 spiro atoms. The van der Waals surface area contributed by atoms with Crippen molar-refractivity contribution in [2.24, 2.45) is 0 Å². The van der Waals surface area contributed by atoms with E-state index in [4.69, 9.17) is 10.2 Å². The molecular formula is C11H13F3O2. The van der Waals surface area contributed by atoms with E-state index in [-0.39, 0.29) is 6.61 Å². The van der Waals surface area contributed by atoms with Gasteiger partial charge in [0.05, 0.1) is 12.2 Å². The SMILES string of the molecule is CC(C)(CO)c1ccc(O)c(C(F)(F)F)c1. The molecule has 1 rings (SSSR count). The van der Waals surface area contributed by atoms with Gasteiger partial charge in [-0.2, -0.15) is 13.2 Å². The van der Waals surface area contributed by atoms with Crippen molar-refractivity contribution in [3.05, 3.63) is 29.3 Å². The number of hydrogen-bond acceptors (Lipinski definition) is 2. The van der Waals surface area contributed by atoms with Crippen LogP contribution >= 0.6 is 0 Å². The Kier molecular flexibility index (Phi) is 3.19. The summed E-state index contributed by atoms with van der Waals surface area (Å²) >= 11 is 0. The average Bonchev–Trinajstić information content (AvgIpc) is 2.16. The number of aliphatic hydroxyl groups excluding tert-OH is 1. The maximum atomic E-state index is 12.5. The summed E-state index contributed by atoms with van der Waals surface area (Å²) < 4.78 is 37.5. The van der Waals surface area contributed by atoms with Gasteiger partial charge in [-0.15, -0.1) is 0 Å². The Balaban J connectivity index is 3.29. The molecule has 0 heterocycles. The highest BCUT2D eigenvalue weighted by atomic mass is 19.4. The lowest BCUT2D eigenvalue weighted by atomic mass is 9.84. The molecule has 2 N–H and O–H groups in total. The largest absolute Gasteiger partial charge is 0.507 e. The van der Waals surface area contributed by atoms with E-state index in [1.54, 1.807) is 13.8 Å². The lowest BCUT2D eigenvalue weighted by molar-refractivity contribution is -0.138. The normalized spacial score (nSPS) is 12.9. The first-order valence-corrected chi connectivity index (χ1v) is 4.70. The molecule has 0 saturated heterocycles. The summed E-state index contributed by atoms with van der Waals surface area (Å²) in [5.41, 5.74) is -1.51. The molecule has 0 amide bonds. The van der Waals surface area contributed by atoms with Crippen LogP contribution in [0, 0.1) is 0 Å². The lowest BCUT2D eigenvalue weighted by Crippen LogP contribution is -2.22. The molecule has 1 aromatic rings. The molecule has 0 aromatic heterocycles. The molecule has 0 fully saturated rings. The quantitative estimate of drug-likeness (QED) is 0.825. The molecule has 0 unspecified atom stereocenters. The van der Waals surface area contributed by atoms with E-state index in [1.165, 1.54) is 6.07 Å². The van der Waals surface area contributed by atoms with Crippen LogP contribution in [0.15, 0.2) is 18.2 Å². The predicted molar refractivity (Wildman–Crippen MR) is 53.2 cm³/mol. The van der Waals surface area contributed by atoms with Crippen LogP contribution in [-0.2, 0) is 11.6 Å². The lowest BCUT2D eigenvalue weighted by Gasteiger charge is -2.23. The van der Waals surface area contributed by atoms with Crippen LogP contribution in [0.4, 0.5) is 13.2 Å². The molecule has 2 nitrogen and oxygen atoms in total. The third-order valence-electron chi connectivity index (χ3n) is 2.48. The van der Waals surface area contributed by atoms with Crippen molar-refractivity contribution in [1.82, 2.24) is 0 Å². The summed E-state index contributed by atoms with van der Waals surface area (Å²) in [6, 6.07) is 3.24. The van der Waals surface area contributed by atoms with Crippen molar-refractivity contribution < 1.29 is 23.4 Å². The fourth-order valence-electron chi connectivity index (χ4n) is 1.28. The molecule has 16 heavy (non-hydrogen) atoms. The Morgan fingerprint density at radius 1 is 1.19 bits per heavy atom. The van der Waals surface area contributed by atoms with E-state index in [9.17, 15) is 13.2 Å². The topological polar surface area (TPSA) is 40.5 Å².